The third-order valence-corrected chi connectivity index (χ3v) is 7.49. The quantitative estimate of drug-likeness (QED) is 0.433. The molecular weight excluding hydrogens is 544 g/mol. The molecule has 2 aliphatic rings. The molecule has 3 aromatic carbocycles. The molecule has 214 valence electrons. The van der Waals surface area contributed by atoms with Crippen LogP contribution in [0.4, 0.5) is 14.5 Å². The van der Waals surface area contributed by atoms with Gasteiger partial charge in [0.25, 0.3) is 5.91 Å². The normalized spacial score (nSPS) is 18.9. The number of alkyl halides is 2. The van der Waals surface area contributed by atoms with E-state index in [4.69, 9.17) is 14.2 Å². The number of benzene rings is 3. The number of hydrogen-bond donors (Lipinski definition) is 2. The van der Waals surface area contributed by atoms with E-state index in [1.807, 2.05) is 18.2 Å². The van der Waals surface area contributed by atoms with Gasteiger partial charge in [0.05, 0.1) is 31.5 Å². The van der Waals surface area contributed by atoms with Crippen molar-refractivity contribution in [3.8, 4) is 11.5 Å². The number of nitrogens with zero attached hydrogens (tertiary/aromatic N) is 1. The SMILES string of the molecule is CN[C@H](C)C(=O)N[C@@H]1C(=O)N(Cc2c(OC(F)F)ccc3ccccc23)c2ccccc2OC12CCOCC2.Cl. The first-order chi connectivity index (χ1) is 18.8. The minimum Gasteiger partial charge on any atom is -0.482 e. The molecule has 0 saturated carbocycles. The molecule has 0 unspecified atom stereocenters. The largest absolute Gasteiger partial charge is 0.482 e. The predicted octanol–water partition coefficient (Wildman–Crippen LogP) is 4.43. The van der Waals surface area contributed by atoms with Crippen molar-refractivity contribution >= 4 is 40.7 Å². The van der Waals surface area contributed by atoms with E-state index in [9.17, 15) is 18.4 Å². The number of likely N-dealkylation sites (N-methyl/N-ethyl adjacent to an activating group) is 1. The number of para-hydroxylation sites is 2. The highest BCUT2D eigenvalue weighted by Gasteiger charge is 2.51. The molecule has 0 bridgehead atoms. The van der Waals surface area contributed by atoms with Crippen molar-refractivity contribution in [2.24, 2.45) is 0 Å². The molecule has 2 amide bonds. The fraction of sp³-hybridized carbons (Fsp3) is 0.379. The van der Waals surface area contributed by atoms with Gasteiger partial charge >= 0.3 is 6.61 Å². The molecule has 5 rings (SSSR count). The first kappa shape index (κ1) is 29.5. The van der Waals surface area contributed by atoms with Crippen LogP contribution < -0.4 is 25.0 Å². The Kier molecular flexibility index (Phi) is 9.12. The maximum atomic E-state index is 14.5. The number of fused-ring (bicyclic) bond motifs is 2. The molecule has 0 radical (unpaired) electrons. The monoisotopic (exact) mass is 575 g/mol. The van der Waals surface area contributed by atoms with Crippen LogP contribution in [0.5, 0.6) is 11.5 Å². The first-order valence-electron chi connectivity index (χ1n) is 12.9. The Morgan fingerprint density at radius 3 is 2.52 bits per heavy atom. The molecule has 0 aliphatic carbocycles. The first-order valence-corrected chi connectivity index (χ1v) is 12.9. The molecule has 2 aliphatic heterocycles. The van der Waals surface area contributed by atoms with Crippen LogP contribution in [0.15, 0.2) is 60.7 Å². The Hall–Kier alpha value is -3.47. The van der Waals surface area contributed by atoms with E-state index in [1.165, 1.54) is 11.0 Å². The van der Waals surface area contributed by atoms with E-state index >= 15 is 0 Å². The van der Waals surface area contributed by atoms with Crippen LogP contribution in [-0.2, 0) is 20.9 Å². The zero-order chi connectivity index (χ0) is 27.6. The van der Waals surface area contributed by atoms with Crippen LogP contribution in [0.1, 0.15) is 25.3 Å². The second-order valence-corrected chi connectivity index (χ2v) is 9.77. The number of amides is 2. The summed E-state index contributed by atoms with van der Waals surface area (Å²) in [6, 6.07) is 16.0. The summed E-state index contributed by atoms with van der Waals surface area (Å²) in [5.41, 5.74) is -0.152. The lowest BCUT2D eigenvalue weighted by atomic mass is 9.84. The Balaban J connectivity index is 0.00000370. The van der Waals surface area contributed by atoms with Gasteiger partial charge in [-0.25, -0.2) is 0 Å². The predicted molar refractivity (Wildman–Crippen MR) is 149 cm³/mol. The summed E-state index contributed by atoms with van der Waals surface area (Å²) in [6.07, 6.45) is 0.765. The van der Waals surface area contributed by atoms with Crippen molar-refractivity contribution in [3.05, 3.63) is 66.2 Å². The van der Waals surface area contributed by atoms with Crippen molar-refractivity contribution in [2.45, 2.75) is 50.6 Å². The van der Waals surface area contributed by atoms with Gasteiger partial charge in [-0.3, -0.25) is 9.59 Å². The zero-order valence-corrected chi connectivity index (χ0v) is 23.0. The lowest BCUT2D eigenvalue weighted by molar-refractivity contribution is -0.138. The van der Waals surface area contributed by atoms with Crippen LogP contribution in [0, 0.1) is 0 Å². The molecule has 0 aromatic heterocycles. The summed E-state index contributed by atoms with van der Waals surface area (Å²) in [5, 5.41) is 7.32. The van der Waals surface area contributed by atoms with Crippen LogP contribution in [0.3, 0.4) is 0 Å². The molecule has 2 heterocycles. The molecular formula is C29H32ClF2N3O5. The van der Waals surface area contributed by atoms with Gasteiger partial charge in [-0.1, -0.05) is 42.5 Å². The summed E-state index contributed by atoms with van der Waals surface area (Å²) >= 11 is 0. The smallest absolute Gasteiger partial charge is 0.387 e. The average Bonchev–Trinajstić information content (AvgIpc) is 3.03. The molecule has 3 aromatic rings. The summed E-state index contributed by atoms with van der Waals surface area (Å²) in [6.45, 7) is -0.702. The summed E-state index contributed by atoms with van der Waals surface area (Å²) in [4.78, 5) is 29.1. The number of anilines is 1. The van der Waals surface area contributed by atoms with Gasteiger partial charge in [0, 0.05) is 18.4 Å². The molecule has 1 fully saturated rings. The lowest BCUT2D eigenvalue weighted by Gasteiger charge is -2.41. The number of rotatable bonds is 7. The minimum atomic E-state index is -3.04. The highest BCUT2D eigenvalue weighted by atomic mass is 35.5. The Bertz CT molecular complexity index is 1370. The molecule has 8 nitrogen and oxygen atoms in total. The van der Waals surface area contributed by atoms with Gasteiger partial charge in [-0.15, -0.1) is 12.4 Å². The molecule has 2 N–H and O–H groups in total. The number of ether oxygens (including phenoxy) is 3. The van der Waals surface area contributed by atoms with Gasteiger partial charge in [-0.2, -0.15) is 8.78 Å². The maximum Gasteiger partial charge on any atom is 0.387 e. The zero-order valence-electron chi connectivity index (χ0n) is 22.2. The minimum absolute atomic E-state index is 0. The van der Waals surface area contributed by atoms with E-state index in [1.54, 1.807) is 50.4 Å². The van der Waals surface area contributed by atoms with Gasteiger partial charge in [0.2, 0.25) is 5.91 Å². The van der Waals surface area contributed by atoms with Crippen LogP contribution in [0.2, 0.25) is 0 Å². The lowest BCUT2D eigenvalue weighted by Crippen LogP contribution is -2.65. The average molecular weight is 576 g/mol. The maximum absolute atomic E-state index is 14.5. The topological polar surface area (TPSA) is 89.1 Å². The van der Waals surface area contributed by atoms with E-state index in [-0.39, 0.29) is 30.6 Å². The highest BCUT2D eigenvalue weighted by Crippen LogP contribution is 2.42. The molecule has 40 heavy (non-hydrogen) atoms. The van der Waals surface area contributed by atoms with E-state index in [0.717, 1.165) is 5.39 Å². The third kappa shape index (κ3) is 5.70. The Morgan fingerprint density at radius 2 is 1.80 bits per heavy atom. The van der Waals surface area contributed by atoms with Gasteiger partial charge in [0.15, 0.2) is 0 Å². The third-order valence-electron chi connectivity index (χ3n) is 7.49. The standard InChI is InChI=1S/C29H31F2N3O5.ClH/c1-18(32-2)26(35)33-25-27(36)34(22-9-5-6-10-24(22)39-29(25)13-15-37-16-14-29)17-21-20-8-4-3-7-19(20)11-12-23(21)38-28(30)31;/h3-12,18,25,28,32H,13-17H2,1-2H3,(H,33,35);1H/t18-,25-;/m1./s1. The van der Waals surface area contributed by atoms with Crippen LogP contribution >= 0.6 is 12.4 Å². The second kappa shape index (κ2) is 12.4. The van der Waals surface area contributed by atoms with Crippen molar-refractivity contribution in [3.63, 3.8) is 0 Å². The number of halogens is 3. The fourth-order valence-corrected chi connectivity index (χ4v) is 5.25. The van der Waals surface area contributed by atoms with Gasteiger partial charge < -0.3 is 29.7 Å². The number of carbonyl (C=O) groups excluding carboxylic acids is 2. The number of nitrogens with one attached hydrogen (secondary N) is 2. The molecule has 1 saturated heterocycles. The summed E-state index contributed by atoms with van der Waals surface area (Å²) in [7, 11) is 1.66. The Labute approximate surface area is 237 Å². The van der Waals surface area contributed by atoms with Crippen molar-refractivity contribution in [1.82, 2.24) is 10.6 Å². The number of carbonyl (C=O) groups is 2. The van der Waals surface area contributed by atoms with Crippen molar-refractivity contribution in [1.29, 1.82) is 0 Å². The van der Waals surface area contributed by atoms with Gasteiger partial charge in [0.1, 0.15) is 23.1 Å². The molecule has 11 heteroatoms. The number of hydrogen-bond acceptors (Lipinski definition) is 6. The van der Waals surface area contributed by atoms with E-state index < -0.39 is 30.2 Å². The van der Waals surface area contributed by atoms with Gasteiger partial charge in [-0.05, 0) is 42.9 Å². The second-order valence-electron chi connectivity index (χ2n) is 9.77. The van der Waals surface area contributed by atoms with Crippen molar-refractivity contribution in [2.75, 3.05) is 25.2 Å². The fourth-order valence-electron chi connectivity index (χ4n) is 5.25. The highest BCUT2D eigenvalue weighted by molar-refractivity contribution is 6.03. The molecule has 2 atom stereocenters. The Morgan fingerprint density at radius 1 is 1.10 bits per heavy atom. The van der Waals surface area contributed by atoms with E-state index in [2.05, 4.69) is 10.6 Å². The van der Waals surface area contributed by atoms with Crippen LogP contribution in [-0.4, -0.2) is 56.4 Å². The summed E-state index contributed by atoms with van der Waals surface area (Å²) in [5.74, 6) is -0.329. The van der Waals surface area contributed by atoms with E-state index in [0.29, 0.717) is 48.4 Å². The van der Waals surface area contributed by atoms with Crippen molar-refractivity contribution < 1.29 is 32.6 Å². The molecule has 1 spiro atoms. The van der Waals surface area contributed by atoms with Crippen LogP contribution in [0.25, 0.3) is 10.8 Å². The summed E-state index contributed by atoms with van der Waals surface area (Å²) < 4.78 is 43.9.